The summed E-state index contributed by atoms with van der Waals surface area (Å²) in [6, 6.07) is 6.30. The summed E-state index contributed by atoms with van der Waals surface area (Å²) in [4.78, 5) is 11.5. The van der Waals surface area contributed by atoms with Crippen LogP contribution in [0.15, 0.2) is 29.2 Å². The molecule has 126 valence electrons. The van der Waals surface area contributed by atoms with Crippen molar-refractivity contribution in [3.8, 4) is 0 Å². The van der Waals surface area contributed by atoms with Crippen molar-refractivity contribution in [1.29, 1.82) is 0 Å². The lowest BCUT2D eigenvalue weighted by Gasteiger charge is -2.35. The number of hydrogen-bond donors (Lipinski definition) is 0. The summed E-state index contributed by atoms with van der Waals surface area (Å²) in [5.74, 6) is 0. The molecular formula is C14H16O7S2. The molecule has 2 fully saturated rings. The molecule has 1 aromatic rings. The van der Waals surface area contributed by atoms with Gasteiger partial charge < -0.3 is 14.2 Å². The van der Waals surface area contributed by atoms with E-state index in [0.717, 1.165) is 17.3 Å². The molecule has 0 bridgehead atoms. The Labute approximate surface area is 138 Å². The van der Waals surface area contributed by atoms with Crippen molar-refractivity contribution >= 4 is 27.2 Å². The Morgan fingerprint density at radius 2 is 1.96 bits per heavy atom. The average Bonchev–Trinajstić information content (AvgIpc) is 2.89. The second-order valence-electron chi connectivity index (χ2n) is 5.25. The molecule has 0 unspecified atom stereocenters. The maximum atomic E-state index is 12.5. The molecule has 3 rings (SSSR count). The molecule has 0 spiro atoms. The minimum atomic E-state index is -4.02. The monoisotopic (exact) mass is 360 g/mol. The minimum Gasteiger partial charge on any atom is -0.450 e. The van der Waals surface area contributed by atoms with Gasteiger partial charge in [-0.3, -0.25) is 4.18 Å². The summed E-state index contributed by atoms with van der Waals surface area (Å²) in [7, 11) is -2.62. The Bertz CT molecular complexity index is 686. The first-order valence-electron chi connectivity index (χ1n) is 6.92. The Morgan fingerprint density at radius 1 is 1.26 bits per heavy atom. The van der Waals surface area contributed by atoms with Crippen LogP contribution in [0.5, 0.6) is 0 Å². The number of carbonyl (C=O) groups excluding carboxylic acids is 1. The zero-order valence-corrected chi connectivity index (χ0v) is 14.1. The van der Waals surface area contributed by atoms with E-state index in [-0.39, 0.29) is 11.5 Å². The molecule has 9 heteroatoms. The fraction of sp³-hybridized carbons (Fsp3) is 0.500. The number of ether oxygens (including phenoxy) is 3. The molecule has 2 aliphatic heterocycles. The molecule has 0 N–H and O–H groups in total. The molecule has 4 atom stereocenters. The van der Waals surface area contributed by atoms with Crippen LogP contribution in [-0.2, 0) is 28.5 Å². The lowest BCUT2D eigenvalue weighted by Crippen LogP contribution is -2.52. The Kier molecular flexibility index (Phi) is 4.65. The van der Waals surface area contributed by atoms with Crippen LogP contribution in [0.3, 0.4) is 0 Å². The molecule has 0 saturated carbocycles. The zero-order valence-electron chi connectivity index (χ0n) is 12.5. The van der Waals surface area contributed by atoms with E-state index >= 15 is 0 Å². The van der Waals surface area contributed by atoms with Gasteiger partial charge in [0.15, 0.2) is 6.29 Å². The van der Waals surface area contributed by atoms with Gasteiger partial charge in [-0.05, 0) is 30.8 Å². The highest BCUT2D eigenvalue weighted by Crippen LogP contribution is 2.38. The maximum Gasteiger partial charge on any atom is 0.368 e. The molecule has 23 heavy (non-hydrogen) atoms. The van der Waals surface area contributed by atoms with E-state index in [4.69, 9.17) is 18.4 Å². The highest BCUT2D eigenvalue weighted by Gasteiger charge is 2.51. The fourth-order valence-electron chi connectivity index (χ4n) is 2.46. The standard InChI is InChI=1S/C14H16O7S2/c1-8-3-5-9(6-4-8)23(16,17)21-11-12-10(20-14(15)22-12)7-19-13(11)18-2/h3-6,10-13H,7H2,1-2H3/t10-,11+,12-,13-/m0/s1. The Morgan fingerprint density at radius 3 is 2.61 bits per heavy atom. The summed E-state index contributed by atoms with van der Waals surface area (Å²) in [5, 5.41) is -0.969. The predicted octanol–water partition coefficient (Wildman–Crippen LogP) is 1.69. The number of rotatable bonds is 4. The molecule has 0 aliphatic carbocycles. The topological polar surface area (TPSA) is 88.1 Å². The number of fused-ring (bicyclic) bond motifs is 1. The number of thioether (sulfide) groups is 1. The number of carbonyl (C=O) groups is 1. The van der Waals surface area contributed by atoms with Crippen LogP contribution >= 0.6 is 11.8 Å². The zero-order chi connectivity index (χ0) is 16.6. The Balaban J connectivity index is 1.85. The molecule has 2 saturated heterocycles. The van der Waals surface area contributed by atoms with Crippen molar-refractivity contribution in [3.05, 3.63) is 29.8 Å². The van der Waals surface area contributed by atoms with Crippen LogP contribution in [0.25, 0.3) is 0 Å². The summed E-state index contributed by atoms with van der Waals surface area (Å²) in [6.07, 6.45) is -2.41. The van der Waals surface area contributed by atoms with Crippen molar-refractivity contribution < 1.29 is 31.6 Å². The number of hydrogen-bond acceptors (Lipinski definition) is 8. The van der Waals surface area contributed by atoms with Crippen LogP contribution in [-0.4, -0.2) is 51.2 Å². The lowest BCUT2D eigenvalue weighted by molar-refractivity contribution is -0.210. The first kappa shape index (κ1) is 16.7. The molecule has 2 heterocycles. The van der Waals surface area contributed by atoms with Gasteiger partial charge >= 0.3 is 5.30 Å². The van der Waals surface area contributed by atoms with Gasteiger partial charge in [0.25, 0.3) is 10.1 Å². The van der Waals surface area contributed by atoms with Crippen LogP contribution in [0.2, 0.25) is 0 Å². The van der Waals surface area contributed by atoms with Gasteiger partial charge in [-0.1, -0.05) is 17.7 Å². The lowest BCUT2D eigenvalue weighted by atomic mass is 10.1. The molecule has 2 aliphatic rings. The van der Waals surface area contributed by atoms with Gasteiger partial charge in [-0.15, -0.1) is 0 Å². The van der Waals surface area contributed by atoms with Crippen molar-refractivity contribution in [1.82, 2.24) is 0 Å². The van der Waals surface area contributed by atoms with Crippen LogP contribution in [0.4, 0.5) is 4.79 Å². The van der Waals surface area contributed by atoms with Crippen LogP contribution in [0, 0.1) is 6.92 Å². The second-order valence-corrected chi connectivity index (χ2v) is 7.94. The third-order valence-corrected chi connectivity index (χ3v) is 6.10. The van der Waals surface area contributed by atoms with Crippen LogP contribution < -0.4 is 0 Å². The molecule has 0 amide bonds. The Hall–Kier alpha value is -1.13. The van der Waals surface area contributed by atoms with Crippen molar-refractivity contribution in [2.24, 2.45) is 0 Å². The third kappa shape index (κ3) is 3.38. The smallest absolute Gasteiger partial charge is 0.368 e. The van der Waals surface area contributed by atoms with Gasteiger partial charge in [0.2, 0.25) is 0 Å². The predicted molar refractivity (Wildman–Crippen MR) is 81.6 cm³/mol. The highest BCUT2D eigenvalue weighted by atomic mass is 32.2. The highest BCUT2D eigenvalue weighted by molar-refractivity contribution is 8.14. The van der Waals surface area contributed by atoms with E-state index in [9.17, 15) is 13.2 Å². The number of benzene rings is 1. The molecule has 0 radical (unpaired) electrons. The summed E-state index contributed by atoms with van der Waals surface area (Å²) < 4.78 is 45.9. The molecular weight excluding hydrogens is 344 g/mol. The van der Waals surface area contributed by atoms with Crippen LogP contribution in [0.1, 0.15) is 5.56 Å². The molecule has 7 nitrogen and oxygen atoms in total. The van der Waals surface area contributed by atoms with E-state index in [1.165, 1.54) is 19.2 Å². The van der Waals surface area contributed by atoms with Gasteiger partial charge in [0.05, 0.1) is 16.8 Å². The quantitative estimate of drug-likeness (QED) is 0.592. The van der Waals surface area contributed by atoms with Gasteiger partial charge in [0, 0.05) is 7.11 Å². The van der Waals surface area contributed by atoms with E-state index in [2.05, 4.69) is 0 Å². The first-order valence-corrected chi connectivity index (χ1v) is 9.21. The normalized spacial score (nSPS) is 30.8. The van der Waals surface area contributed by atoms with E-state index in [1.54, 1.807) is 12.1 Å². The van der Waals surface area contributed by atoms with Crippen molar-refractivity contribution in [2.75, 3.05) is 13.7 Å². The summed E-state index contributed by atoms with van der Waals surface area (Å²) >= 11 is 0.904. The van der Waals surface area contributed by atoms with Gasteiger partial charge in [-0.25, -0.2) is 4.79 Å². The van der Waals surface area contributed by atoms with E-state index < -0.39 is 39.2 Å². The van der Waals surface area contributed by atoms with Gasteiger partial charge in [0.1, 0.15) is 12.2 Å². The van der Waals surface area contributed by atoms with Gasteiger partial charge in [-0.2, -0.15) is 8.42 Å². The SMILES string of the molecule is CO[C@H]1OC[C@@H]2OC(=O)S[C@@H]2[C@H]1OS(=O)(=O)c1ccc(C)cc1. The van der Waals surface area contributed by atoms with Crippen molar-refractivity contribution in [2.45, 2.75) is 35.6 Å². The minimum absolute atomic E-state index is 0.0373. The summed E-state index contributed by atoms with van der Waals surface area (Å²) in [5.41, 5.74) is 0.935. The third-order valence-electron chi connectivity index (χ3n) is 3.64. The molecule has 0 aromatic heterocycles. The number of methoxy groups -OCH3 is 1. The van der Waals surface area contributed by atoms with Crippen molar-refractivity contribution in [3.63, 3.8) is 0 Å². The first-order chi connectivity index (χ1) is 10.9. The molecule has 1 aromatic carbocycles. The summed E-state index contributed by atoms with van der Waals surface area (Å²) in [6.45, 7) is 2.00. The van der Waals surface area contributed by atoms with E-state index in [0.29, 0.717) is 0 Å². The second kappa shape index (κ2) is 6.40. The largest absolute Gasteiger partial charge is 0.450 e. The maximum absolute atomic E-state index is 12.5. The average molecular weight is 360 g/mol. The fourth-order valence-corrected chi connectivity index (χ4v) is 4.62. The number of aryl methyl sites for hydroxylation is 1. The van der Waals surface area contributed by atoms with E-state index in [1.807, 2.05) is 6.92 Å².